The molecule has 0 saturated heterocycles. The molecule has 0 atom stereocenters. The molecule has 1 aromatic heterocycles. The van der Waals surface area contributed by atoms with Gasteiger partial charge in [-0.15, -0.1) is 0 Å². The quantitative estimate of drug-likeness (QED) is 0.819. The van der Waals surface area contributed by atoms with Crippen LogP contribution in [0.3, 0.4) is 0 Å². The topological polar surface area (TPSA) is 33.0 Å². The molecule has 0 aliphatic carbocycles. The maximum absolute atomic E-state index is 12.8. The molecule has 0 bridgehead atoms. The van der Waals surface area contributed by atoms with Crippen LogP contribution >= 0.6 is 11.6 Å². The van der Waals surface area contributed by atoms with Crippen LogP contribution in [0.5, 0.6) is 0 Å². The Balaban J connectivity index is 2.18. The summed E-state index contributed by atoms with van der Waals surface area (Å²) >= 11 is 5.88. The lowest BCUT2D eigenvalue weighted by Crippen LogP contribution is -2.43. The average molecular weight is 358 g/mol. The van der Waals surface area contributed by atoms with Crippen molar-refractivity contribution in [3.63, 3.8) is 0 Å². The van der Waals surface area contributed by atoms with Gasteiger partial charge in [-0.05, 0) is 30.7 Å². The predicted molar refractivity (Wildman–Crippen MR) is 85.8 cm³/mol. The van der Waals surface area contributed by atoms with Crippen molar-refractivity contribution in [3.05, 3.63) is 58.4 Å². The zero-order valence-electron chi connectivity index (χ0n) is 13.2. The predicted octanol–water partition coefficient (Wildman–Crippen LogP) is 4.16. The highest BCUT2D eigenvalue weighted by Crippen LogP contribution is 2.33. The molecule has 2 rings (SSSR count). The minimum Gasteiger partial charge on any atom is -0.319 e. The minimum absolute atomic E-state index is 0.00769. The monoisotopic (exact) mass is 357 g/mol. The van der Waals surface area contributed by atoms with E-state index in [0.717, 1.165) is 35.9 Å². The summed E-state index contributed by atoms with van der Waals surface area (Å²) in [7, 11) is 0. The van der Waals surface area contributed by atoms with E-state index in [1.54, 1.807) is 4.57 Å². The fourth-order valence-electron chi connectivity index (χ4n) is 2.19. The molecule has 1 heterocycles. The first kappa shape index (κ1) is 18.3. The molecule has 0 radical (unpaired) electrons. The molecule has 7 heteroatoms. The zero-order valence-corrected chi connectivity index (χ0v) is 14.0. The lowest BCUT2D eigenvalue weighted by atomic mass is 10.2. The van der Waals surface area contributed by atoms with Crippen LogP contribution in [0, 0.1) is 6.92 Å². The Morgan fingerprint density at radius 3 is 2.58 bits per heavy atom. The molecule has 24 heavy (non-hydrogen) atoms. The number of carbonyl (C=O) groups excluding carboxylic acids is 1. The van der Waals surface area contributed by atoms with Crippen LogP contribution in [0.2, 0.25) is 5.02 Å². The largest absolute Gasteiger partial charge is 0.416 e. The van der Waals surface area contributed by atoms with Crippen molar-refractivity contribution in [2.45, 2.75) is 33.0 Å². The van der Waals surface area contributed by atoms with Gasteiger partial charge in [0.2, 0.25) is 6.54 Å². The highest BCUT2D eigenvalue weighted by molar-refractivity contribution is 6.33. The van der Waals surface area contributed by atoms with Crippen molar-refractivity contribution in [3.8, 4) is 0 Å². The highest BCUT2D eigenvalue weighted by Gasteiger charge is 2.31. The van der Waals surface area contributed by atoms with Crippen LogP contribution in [-0.2, 0) is 23.9 Å². The Kier molecular flexibility index (Phi) is 5.49. The van der Waals surface area contributed by atoms with Gasteiger partial charge in [-0.25, -0.2) is 0 Å². The maximum Gasteiger partial charge on any atom is 0.416 e. The SMILES string of the molecule is CCc1ccc(C)[n+](CC(=O)Nc2cc(C(F)(F)F)ccc2Cl)c1. The van der Waals surface area contributed by atoms with Crippen molar-refractivity contribution >= 4 is 23.2 Å². The van der Waals surface area contributed by atoms with Gasteiger partial charge in [0.1, 0.15) is 0 Å². The van der Waals surface area contributed by atoms with Gasteiger partial charge in [0.25, 0.3) is 5.91 Å². The van der Waals surface area contributed by atoms with E-state index in [-0.39, 0.29) is 17.3 Å². The molecule has 0 fully saturated rings. The van der Waals surface area contributed by atoms with E-state index in [0.29, 0.717) is 0 Å². The summed E-state index contributed by atoms with van der Waals surface area (Å²) < 4.78 is 40.0. The molecular formula is C17H17ClF3N2O+. The molecule has 1 N–H and O–H groups in total. The van der Waals surface area contributed by atoms with E-state index in [2.05, 4.69) is 5.32 Å². The number of rotatable bonds is 4. The van der Waals surface area contributed by atoms with Gasteiger partial charge in [0.05, 0.1) is 16.3 Å². The summed E-state index contributed by atoms with van der Waals surface area (Å²) in [6.45, 7) is 3.84. The number of benzene rings is 1. The van der Waals surface area contributed by atoms with E-state index in [9.17, 15) is 18.0 Å². The first-order chi connectivity index (χ1) is 11.2. The van der Waals surface area contributed by atoms with E-state index < -0.39 is 17.6 Å². The molecule has 0 aliphatic rings. The fraction of sp³-hybridized carbons (Fsp3) is 0.294. The van der Waals surface area contributed by atoms with Gasteiger partial charge in [-0.1, -0.05) is 18.5 Å². The highest BCUT2D eigenvalue weighted by atomic mass is 35.5. The van der Waals surface area contributed by atoms with Crippen LogP contribution < -0.4 is 9.88 Å². The molecule has 0 unspecified atom stereocenters. The summed E-state index contributed by atoms with van der Waals surface area (Å²) in [6.07, 6.45) is -1.82. The lowest BCUT2D eigenvalue weighted by Gasteiger charge is -2.11. The van der Waals surface area contributed by atoms with Gasteiger partial charge in [0, 0.05) is 18.6 Å². The molecule has 0 saturated carbocycles. The van der Waals surface area contributed by atoms with Crippen molar-refractivity contribution in [1.29, 1.82) is 0 Å². The first-order valence-electron chi connectivity index (χ1n) is 7.36. The molecule has 1 aromatic carbocycles. The summed E-state index contributed by atoms with van der Waals surface area (Å²) in [5.41, 5.74) is 1.02. The van der Waals surface area contributed by atoms with Crippen LogP contribution in [-0.4, -0.2) is 5.91 Å². The summed E-state index contributed by atoms with van der Waals surface area (Å²) in [4.78, 5) is 12.2. The second-order valence-electron chi connectivity index (χ2n) is 5.40. The van der Waals surface area contributed by atoms with E-state index >= 15 is 0 Å². The second kappa shape index (κ2) is 7.21. The van der Waals surface area contributed by atoms with Gasteiger partial charge >= 0.3 is 6.18 Å². The number of amides is 1. The number of hydrogen-bond donors (Lipinski definition) is 1. The Morgan fingerprint density at radius 2 is 1.96 bits per heavy atom. The standard InChI is InChI=1S/C17H16ClF3N2O/c1-3-12-5-4-11(2)23(9-12)10-16(24)22-15-8-13(17(19,20)21)6-7-14(15)18/h4-9H,3,10H2,1-2H3/p+1. The van der Waals surface area contributed by atoms with Crippen LogP contribution in [0.15, 0.2) is 36.5 Å². The smallest absolute Gasteiger partial charge is 0.319 e. The number of anilines is 1. The van der Waals surface area contributed by atoms with Gasteiger partial charge in [-0.3, -0.25) is 4.79 Å². The maximum atomic E-state index is 12.8. The number of hydrogen-bond acceptors (Lipinski definition) is 1. The third-order valence-electron chi connectivity index (χ3n) is 3.60. The average Bonchev–Trinajstić information content (AvgIpc) is 2.50. The number of alkyl halides is 3. The van der Waals surface area contributed by atoms with Gasteiger partial charge in [0.15, 0.2) is 11.9 Å². The Hall–Kier alpha value is -2.08. The summed E-state index contributed by atoms with van der Waals surface area (Å²) in [5, 5.41) is 2.50. The minimum atomic E-state index is -4.50. The first-order valence-corrected chi connectivity index (χ1v) is 7.74. The number of nitrogens with zero attached hydrogens (tertiary/aromatic N) is 1. The third-order valence-corrected chi connectivity index (χ3v) is 3.93. The third kappa shape index (κ3) is 4.47. The van der Waals surface area contributed by atoms with Crippen molar-refractivity contribution in [2.24, 2.45) is 0 Å². The number of pyridine rings is 1. The van der Waals surface area contributed by atoms with Gasteiger partial charge < -0.3 is 5.32 Å². The van der Waals surface area contributed by atoms with Crippen LogP contribution in [0.4, 0.5) is 18.9 Å². The lowest BCUT2D eigenvalue weighted by molar-refractivity contribution is -0.690. The number of carbonyl (C=O) groups is 1. The molecular weight excluding hydrogens is 341 g/mol. The van der Waals surface area contributed by atoms with E-state index in [4.69, 9.17) is 11.6 Å². The molecule has 2 aromatic rings. The van der Waals surface area contributed by atoms with E-state index in [1.807, 2.05) is 32.2 Å². The Morgan fingerprint density at radius 1 is 1.25 bits per heavy atom. The summed E-state index contributed by atoms with van der Waals surface area (Å²) in [5.74, 6) is -0.447. The molecule has 0 spiro atoms. The second-order valence-corrected chi connectivity index (χ2v) is 5.81. The molecule has 3 nitrogen and oxygen atoms in total. The Labute approximate surface area is 143 Å². The molecule has 1 amide bonds. The van der Waals surface area contributed by atoms with E-state index in [1.165, 1.54) is 0 Å². The zero-order chi connectivity index (χ0) is 17.9. The van der Waals surface area contributed by atoms with Crippen LogP contribution in [0.25, 0.3) is 0 Å². The number of aromatic nitrogens is 1. The fourth-order valence-corrected chi connectivity index (χ4v) is 2.35. The number of aryl methyl sites for hydroxylation is 2. The number of halogens is 4. The van der Waals surface area contributed by atoms with Crippen molar-refractivity contribution < 1.29 is 22.5 Å². The van der Waals surface area contributed by atoms with Crippen LogP contribution in [0.1, 0.15) is 23.7 Å². The van der Waals surface area contributed by atoms with Crippen molar-refractivity contribution in [2.75, 3.05) is 5.32 Å². The summed E-state index contributed by atoms with van der Waals surface area (Å²) in [6, 6.07) is 6.69. The molecule has 128 valence electrons. The Bertz CT molecular complexity index is 760. The van der Waals surface area contributed by atoms with Gasteiger partial charge in [-0.2, -0.15) is 17.7 Å². The van der Waals surface area contributed by atoms with Crippen molar-refractivity contribution in [1.82, 2.24) is 0 Å². The number of nitrogens with one attached hydrogen (secondary N) is 1. The molecule has 0 aliphatic heterocycles. The normalized spacial score (nSPS) is 11.4.